The van der Waals surface area contributed by atoms with Crippen LogP contribution in [0.1, 0.15) is 24.5 Å². The van der Waals surface area contributed by atoms with Crippen molar-refractivity contribution in [2.45, 2.75) is 37.1 Å². The summed E-state index contributed by atoms with van der Waals surface area (Å²) in [6, 6.07) is 3.52. The molecule has 0 bridgehead atoms. The van der Waals surface area contributed by atoms with Gasteiger partial charge >= 0.3 is 0 Å². The summed E-state index contributed by atoms with van der Waals surface area (Å²) in [6.07, 6.45) is 2.77. The maximum atomic E-state index is 12.9. The van der Waals surface area contributed by atoms with Gasteiger partial charge in [0.1, 0.15) is 0 Å². The summed E-state index contributed by atoms with van der Waals surface area (Å²) in [4.78, 5) is 0.328. The molecule has 1 aromatic rings. The molecular formula is C14H21BrClNO2S2. The Hall–Kier alpha value is 0.250. The molecule has 1 atom stereocenters. The second kappa shape index (κ2) is 8.20. The normalized spacial score (nSPS) is 13.7. The number of rotatable bonds is 7. The Morgan fingerprint density at radius 1 is 1.43 bits per heavy atom. The zero-order valence-corrected chi connectivity index (χ0v) is 16.7. The molecular weight excluding hydrogens is 394 g/mol. The summed E-state index contributed by atoms with van der Waals surface area (Å²) >= 11 is 10.9. The van der Waals surface area contributed by atoms with Crippen LogP contribution in [0.15, 0.2) is 21.5 Å². The van der Waals surface area contributed by atoms with Crippen molar-refractivity contribution >= 4 is 49.3 Å². The Labute approximate surface area is 145 Å². The Kier molecular flexibility index (Phi) is 7.54. The molecule has 0 saturated carbocycles. The Morgan fingerprint density at radius 3 is 2.52 bits per heavy atom. The van der Waals surface area contributed by atoms with Gasteiger partial charge in [-0.2, -0.15) is 16.1 Å². The van der Waals surface area contributed by atoms with E-state index in [9.17, 15) is 8.42 Å². The summed E-state index contributed by atoms with van der Waals surface area (Å²) in [6.45, 7) is 3.81. The molecule has 0 aliphatic heterocycles. The van der Waals surface area contributed by atoms with E-state index >= 15 is 0 Å². The highest BCUT2D eigenvalue weighted by atomic mass is 79.9. The first kappa shape index (κ1) is 19.3. The Bertz CT molecular complexity index is 593. The van der Waals surface area contributed by atoms with Crippen LogP contribution in [0, 0.1) is 6.92 Å². The lowest BCUT2D eigenvalue weighted by Gasteiger charge is -2.27. The van der Waals surface area contributed by atoms with Gasteiger partial charge in [0.25, 0.3) is 0 Å². The maximum Gasteiger partial charge on any atom is 0.243 e. The third-order valence-electron chi connectivity index (χ3n) is 3.51. The van der Waals surface area contributed by atoms with E-state index < -0.39 is 10.0 Å². The van der Waals surface area contributed by atoms with Crippen LogP contribution in [-0.4, -0.2) is 37.8 Å². The summed E-state index contributed by atoms with van der Waals surface area (Å²) < 4.78 is 28.1. The molecule has 0 fully saturated rings. The molecule has 1 aromatic carbocycles. The van der Waals surface area contributed by atoms with Crippen LogP contribution < -0.4 is 0 Å². The van der Waals surface area contributed by atoms with Crippen molar-refractivity contribution in [2.75, 3.05) is 19.1 Å². The highest BCUT2D eigenvalue weighted by Gasteiger charge is 2.29. The first-order valence-corrected chi connectivity index (χ1v) is 10.8. The monoisotopic (exact) mass is 413 g/mol. The SMILES string of the molecule is CCC(CSC)N(C)S(=O)(=O)c1cc(CCl)cc(Br)c1C. The van der Waals surface area contributed by atoms with Crippen molar-refractivity contribution < 1.29 is 8.42 Å². The quantitative estimate of drug-likeness (QED) is 0.626. The summed E-state index contributed by atoms with van der Waals surface area (Å²) in [7, 11) is -1.87. The molecule has 0 aliphatic rings. The van der Waals surface area contributed by atoms with E-state index in [-0.39, 0.29) is 11.9 Å². The molecule has 0 aliphatic carbocycles. The van der Waals surface area contributed by atoms with Crippen LogP contribution in [0.2, 0.25) is 0 Å². The first-order chi connectivity index (χ1) is 9.79. The molecule has 1 rings (SSSR count). The number of hydrogen-bond acceptors (Lipinski definition) is 3. The van der Waals surface area contributed by atoms with Crippen LogP contribution >= 0.6 is 39.3 Å². The minimum atomic E-state index is -3.53. The van der Waals surface area contributed by atoms with Crippen molar-refractivity contribution in [3.8, 4) is 0 Å². The highest BCUT2D eigenvalue weighted by Crippen LogP contribution is 2.29. The summed E-state index contributed by atoms with van der Waals surface area (Å²) in [5.74, 6) is 1.06. The van der Waals surface area contributed by atoms with Crippen LogP contribution in [0.3, 0.4) is 0 Å². The molecule has 0 saturated heterocycles. The Balaban J connectivity index is 3.33. The van der Waals surface area contributed by atoms with Crippen LogP contribution in [0.4, 0.5) is 0 Å². The third-order valence-corrected chi connectivity index (χ3v) is 7.40. The second-order valence-corrected chi connectivity index (χ2v) is 8.87. The zero-order valence-electron chi connectivity index (χ0n) is 12.7. The fourth-order valence-electron chi connectivity index (χ4n) is 2.08. The fraction of sp³-hybridized carbons (Fsp3) is 0.571. The van der Waals surface area contributed by atoms with E-state index in [1.54, 1.807) is 31.8 Å². The molecule has 0 heterocycles. The standard InChI is InChI=1S/C14H21BrClNO2S2/c1-5-12(9-20-4)17(3)21(18,19)14-7-11(8-16)6-13(15)10(14)2/h6-7,12H,5,8-9H2,1-4H3. The van der Waals surface area contributed by atoms with E-state index in [2.05, 4.69) is 15.9 Å². The third kappa shape index (κ3) is 4.38. The average Bonchev–Trinajstić information content (AvgIpc) is 2.46. The van der Waals surface area contributed by atoms with Gasteiger partial charge in [0.05, 0.1) is 4.90 Å². The van der Waals surface area contributed by atoms with Gasteiger partial charge in [0.2, 0.25) is 10.0 Å². The van der Waals surface area contributed by atoms with Crippen LogP contribution in [0.5, 0.6) is 0 Å². The van der Waals surface area contributed by atoms with Gasteiger partial charge in [-0.3, -0.25) is 0 Å². The van der Waals surface area contributed by atoms with Crippen molar-refractivity contribution in [1.29, 1.82) is 0 Å². The summed E-state index contributed by atoms with van der Waals surface area (Å²) in [5.41, 5.74) is 1.51. The van der Waals surface area contributed by atoms with E-state index in [1.807, 2.05) is 19.2 Å². The molecule has 3 nitrogen and oxygen atoms in total. The lowest BCUT2D eigenvalue weighted by Crippen LogP contribution is -2.38. The fourth-order valence-corrected chi connectivity index (χ4v) is 5.53. The van der Waals surface area contributed by atoms with Crippen molar-refractivity contribution in [3.63, 3.8) is 0 Å². The number of alkyl halides is 1. The smallest absolute Gasteiger partial charge is 0.207 e. The predicted molar refractivity (Wildman–Crippen MR) is 95.8 cm³/mol. The number of sulfonamides is 1. The number of nitrogens with zero attached hydrogens (tertiary/aromatic N) is 1. The van der Waals surface area contributed by atoms with Gasteiger partial charge in [-0.25, -0.2) is 8.42 Å². The highest BCUT2D eigenvalue weighted by molar-refractivity contribution is 9.10. The lowest BCUT2D eigenvalue weighted by atomic mass is 10.2. The molecule has 0 spiro atoms. The minimum Gasteiger partial charge on any atom is -0.207 e. The zero-order chi connectivity index (χ0) is 16.2. The minimum absolute atomic E-state index is 0.0113. The maximum absolute atomic E-state index is 12.9. The van der Waals surface area contributed by atoms with E-state index in [1.165, 1.54) is 4.31 Å². The van der Waals surface area contributed by atoms with Crippen molar-refractivity contribution in [3.05, 3.63) is 27.7 Å². The summed E-state index contributed by atoms with van der Waals surface area (Å²) in [5, 5.41) is 0. The molecule has 0 N–H and O–H groups in total. The Morgan fingerprint density at radius 2 is 2.05 bits per heavy atom. The lowest BCUT2D eigenvalue weighted by molar-refractivity contribution is 0.385. The van der Waals surface area contributed by atoms with Gasteiger partial charge in [-0.15, -0.1) is 11.6 Å². The van der Waals surface area contributed by atoms with Crippen LogP contribution in [0.25, 0.3) is 0 Å². The average molecular weight is 415 g/mol. The molecule has 21 heavy (non-hydrogen) atoms. The number of benzene rings is 1. The second-order valence-electron chi connectivity index (χ2n) is 4.87. The van der Waals surface area contributed by atoms with Gasteiger partial charge in [-0.1, -0.05) is 22.9 Å². The van der Waals surface area contributed by atoms with Gasteiger partial charge in [0, 0.05) is 29.2 Å². The van der Waals surface area contributed by atoms with E-state index in [4.69, 9.17) is 11.6 Å². The predicted octanol–water partition coefficient (Wildman–Crippen LogP) is 4.26. The van der Waals surface area contributed by atoms with Gasteiger partial charge < -0.3 is 0 Å². The van der Waals surface area contributed by atoms with Crippen molar-refractivity contribution in [2.24, 2.45) is 0 Å². The topological polar surface area (TPSA) is 37.4 Å². The molecule has 1 unspecified atom stereocenters. The van der Waals surface area contributed by atoms with Crippen molar-refractivity contribution in [1.82, 2.24) is 4.31 Å². The number of thioether (sulfide) groups is 1. The number of halogens is 2. The van der Waals surface area contributed by atoms with E-state index in [0.29, 0.717) is 4.90 Å². The molecule has 0 amide bonds. The van der Waals surface area contributed by atoms with Crippen LogP contribution in [-0.2, 0) is 15.9 Å². The van der Waals surface area contributed by atoms with E-state index in [0.717, 1.165) is 27.8 Å². The first-order valence-electron chi connectivity index (χ1n) is 6.61. The molecule has 120 valence electrons. The van der Waals surface area contributed by atoms with Gasteiger partial charge in [0.15, 0.2) is 0 Å². The largest absolute Gasteiger partial charge is 0.243 e. The van der Waals surface area contributed by atoms with Gasteiger partial charge in [-0.05, 0) is 42.9 Å². The number of hydrogen-bond donors (Lipinski definition) is 0. The molecule has 7 heteroatoms. The molecule has 0 aromatic heterocycles. The molecule has 0 radical (unpaired) electrons.